The highest BCUT2D eigenvalue weighted by molar-refractivity contribution is 6.32. The van der Waals surface area contributed by atoms with Crippen molar-refractivity contribution in [1.82, 2.24) is 0 Å². The van der Waals surface area contributed by atoms with Gasteiger partial charge in [0.25, 0.3) is 0 Å². The maximum absolute atomic E-state index is 11.3. The number of nitrogens with zero attached hydrogens (tertiary/aromatic N) is 1. The van der Waals surface area contributed by atoms with E-state index in [0.29, 0.717) is 28.3 Å². The van der Waals surface area contributed by atoms with E-state index in [1.165, 1.54) is 0 Å². The van der Waals surface area contributed by atoms with Crippen LogP contribution in [0.5, 0.6) is 0 Å². The van der Waals surface area contributed by atoms with Crippen molar-refractivity contribution in [3.05, 3.63) is 33.8 Å². The molecule has 0 heterocycles. The molecule has 4 heteroatoms. The quantitative estimate of drug-likeness (QED) is 0.760. The van der Waals surface area contributed by atoms with Crippen LogP contribution in [0.25, 0.3) is 0 Å². The topological polar surface area (TPSA) is 50.1 Å². The SMILES string of the molecule is CCOC(=O)Cc1ccc(C#N)c(C)c1Cl. The second-order valence-corrected chi connectivity index (χ2v) is 3.68. The Morgan fingerprint density at radius 3 is 2.81 bits per heavy atom. The molecular formula is C12H12ClNO2. The van der Waals surface area contributed by atoms with Gasteiger partial charge in [0.15, 0.2) is 0 Å². The van der Waals surface area contributed by atoms with Crippen LogP contribution in [-0.2, 0) is 16.0 Å². The Hall–Kier alpha value is -1.53. The number of halogens is 1. The minimum absolute atomic E-state index is 0.138. The fourth-order valence-electron chi connectivity index (χ4n) is 1.37. The molecule has 0 saturated heterocycles. The smallest absolute Gasteiger partial charge is 0.310 e. The largest absolute Gasteiger partial charge is 0.466 e. The summed E-state index contributed by atoms with van der Waals surface area (Å²) < 4.78 is 4.83. The Kier molecular flexibility index (Phi) is 4.33. The third kappa shape index (κ3) is 2.74. The third-order valence-electron chi connectivity index (χ3n) is 2.23. The van der Waals surface area contributed by atoms with E-state index in [1.807, 2.05) is 6.07 Å². The number of hydrogen-bond donors (Lipinski definition) is 0. The van der Waals surface area contributed by atoms with Crippen molar-refractivity contribution >= 4 is 17.6 Å². The number of ether oxygens (including phenoxy) is 1. The van der Waals surface area contributed by atoms with Gasteiger partial charge in [-0.2, -0.15) is 5.26 Å². The van der Waals surface area contributed by atoms with Gasteiger partial charge in [0.2, 0.25) is 0 Å². The molecule has 0 amide bonds. The highest BCUT2D eigenvalue weighted by Gasteiger charge is 2.11. The zero-order valence-corrected chi connectivity index (χ0v) is 9.97. The summed E-state index contributed by atoms with van der Waals surface area (Å²) in [6.07, 6.45) is 0.138. The average molecular weight is 238 g/mol. The van der Waals surface area contributed by atoms with Gasteiger partial charge in [-0.05, 0) is 31.0 Å². The van der Waals surface area contributed by atoms with Crippen LogP contribution in [-0.4, -0.2) is 12.6 Å². The van der Waals surface area contributed by atoms with Gasteiger partial charge in [-0.25, -0.2) is 0 Å². The fraction of sp³-hybridized carbons (Fsp3) is 0.333. The summed E-state index contributed by atoms with van der Waals surface area (Å²) in [6, 6.07) is 5.39. The lowest BCUT2D eigenvalue weighted by Crippen LogP contribution is -2.08. The van der Waals surface area contributed by atoms with E-state index in [-0.39, 0.29) is 12.4 Å². The first-order chi connectivity index (χ1) is 7.60. The van der Waals surface area contributed by atoms with Crippen LogP contribution in [0.2, 0.25) is 5.02 Å². The molecule has 0 aliphatic rings. The number of carbonyl (C=O) groups excluding carboxylic acids is 1. The molecule has 0 atom stereocenters. The highest BCUT2D eigenvalue weighted by Crippen LogP contribution is 2.24. The molecular weight excluding hydrogens is 226 g/mol. The Morgan fingerprint density at radius 2 is 2.25 bits per heavy atom. The summed E-state index contributed by atoms with van der Waals surface area (Å²) in [5.74, 6) is -0.312. The number of hydrogen-bond acceptors (Lipinski definition) is 3. The van der Waals surface area contributed by atoms with Crippen LogP contribution in [0.1, 0.15) is 23.6 Å². The van der Waals surface area contributed by atoms with Crippen LogP contribution in [0.3, 0.4) is 0 Å². The molecule has 0 fully saturated rings. The predicted molar refractivity (Wildman–Crippen MR) is 61.2 cm³/mol. The Morgan fingerprint density at radius 1 is 1.56 bits per heavy atom. The zero-order chi connectivity index (χ0) is 12.1. The Bertz CT molecular complexity index is 449. The van der Waals surface area contributed by atoms with Crippen molar-refractivity contribution in [2.75, 3.05) is 6.61 Å². The van der Waals surface area contributed by atoms with Gasteiger partial charge in [0, 0.05) is 5.02 Å². The van der Waals surface area contributed by atoms with Crippen molar-refractivity contribution < 1.29 is 9.53 Å². The van der Waals surface area contributed by atoms with Gasteiger partial charge in [0.1, 0.15) is 0 Å². The van der Waals surface area contributed by atoms with E-state index in [0.717, 1.165) is 0 Å². The molecule has 16 heavy (non-hydrogen) atoms. The van der Waals surface area contributed by atoms with Crippen molar-refractivity contribution in [3.63, 3.8) is 0 Å². The van der Waals surface area contributed by atoms with Crippen molar-refractivity contribution in [3.8, 4) is 6.07 Å². The summed E-state index contributed by atoms with van der Waals surface area (Å²) in [6.45, 7) is 3.87. The number of carbonyl (C=O) groups is 1. The van der Waals surface area contributed by atoms with Crippen LogP contribution < -0.4 is 0 Å². The molecule has 0 spiro atoms. The van der Waals surface area contributed by atoms with Gasteiger partial charge in [-0.15, -0.1) is 0 Å². The molecule has 1 rings (SSSR count). The third-order valence-corrected chi connectivity index (χ3v) is 2.75. The van der Waals surface area contributed by atoms with Gasteiger partial charge < -0.3 is 4.74 Å². The summed E-state index contributed by atoms with van der Waals surface area (Å²) in [4.78, 5) is 11.3. The minimum atomic E-state index is -0.312. The molecule has 0 N–H and O–H groups in total. The molecule has 0 bridgehead atoms. The van der Waals surface area contributed by atoms with Crippen LogP contribution in [0.4, 0.5) is 0 Å². The van der Waals surface area contributed by atoms with Crippen LogP contribution in [0, 0.1) is 18.3 Å². The van der Waals surface area contributed by atoms with E-state index in [1.54, 1.807) is 26.0 Å². The van der Waals surface area contributed by atoms with E-state index in [4.69, 9.17) is 21.6 Å². The van der Waals surface area contributed by atoms with Crippen molar-refractivity contribution in [2.45, 2.75) is 20.3 Å². The standard InChI is InChI=1S/C12H12ClNO2/c1-3-16-11(15)6-9-4-5-10(7-14)8(2)12(9)13/h4-5H,3,6H2,1-2H3. The summed E-state index contributed by atoms with van der Waals surface area (Å²) >= 11 is 6.06. The molecule has 0 aliphatic carbocycles. The summed E-state index contributed by atoms with van der Waals surface area (Å²) in [5, 5.41) is 9.26. The molecule has 0 aromatic heterocycles. The Labute approximate surface area is 99.6 Å². The zero-order valence-electron chi connectivity index (χ0n) is 9.21. The van der Waals surface area contributed by atoms with E-state index in [2.05, 4.69) is 0 Å². The molecule has 0 aliphatic heterocycles. The van der Waals surface area contributed by atoms with Gasteiger partial charge in [-0.1, -0.05) is 17.7 Å². The van der Waals surface area contributed by atoms with Crippen LogP contribution in [0.15, 0.2) is 12.1 Å². The lowest BCUT2D eigenvalue weighted by Gasteiger charge is -2.07. The van der Waals surface area contributed by atoms with Crippen molar-refractivity contribution in [1.29, 1.82) is 5.26 Å². The first kappa shape index (κ1) is 12.5. The monoisotopic (exact) mass is 237 g/mol. The van der Waals surface area contributed by atoms with Gasteiger partial charge in [0.05, 0.1) is 24.7 Å². The maximum Gasteiger partial charge on any atom is 0.310 e. The highest BCUT2D eigenvalue weighted by atomic mass is 35.5. The first-order valence-corrected chi connectivity index (χ1v) is 5.31. The summed E-state index contributed by atoms with van der Waals surface area (Å²) in [7, 11) is 0. The number of benzene rings is 1. The maximum atomic E-state index is 11.3. The predicted octanol–water partition coefficient (Wildman–Crippen LogP) is 2.63. The van der Waals surface area contributed by atoms with E-state index in [9.17, 15) is 4.79 Å². The number of nitriles is 1. The lowest BCUT2D eigenvalue weighted by molar-refractivity contribution is -0.142. The molecule has 3 nitrogen and oxygen atoms in total. The first-order valence-electron chi connectivity index (χ1n) is 4.93. The number of rotatable bonds is 3. The van der Waals surface area contributed by atoms with E-state index >= 15 is 0 Å². The van der Waals surface area contributed by atoms with E-state index < -0.39 is 0 Å². The van der Waals surface area contributed by atoms with Gasteiger partial charge in [-0.3, -0.25) is 4.79 Å². The molecule has 0 unspecified atom stereocenters. The van der Waals surface area contributed by atoms with Crippen LogP contribution >= 0.6 is 11.6 Å². The van der Waals surface area contributed by atoms with Crippen molar-refractivity contribution in [2.24, 2.45) is 0 Å². The molecule has 1 aromatic rings. The lowest BCUT2D eigenvalue weighted by atomic mass is 10.0. The molecule has 0 saturated carbocycles. The number of esters is 1. The second-order valence-electron chi connectivity index (χ2n) is 3.30. The Balaban J connectivity index is 2.96. The average Bonchev–Trinajstić information content (AvgIpc) is 2.25. The minimum Gasteiger partial charge on any atom is -0.466 e. The molecule has 0 radical (unpaired) electrons. The summed E-state index contributed by atoms with van der Waals surface area (Å²) in [5.41, 5.74) is 1.92. The second kappa shape index (κ2) is 5.53. The molecule has 84 valence electrons. The van der Waals surface area contributed by atoms with Gasteiger partial charge >= 0.3 is 5.97 Å². The normalized spacial score (nSPS) is 9.62. The molecule has 1 aromatic carbocycles. The fourth-order valence-corrected chi connectivity index (χ4v) is 1.60.